The molecule has 4 rings (SSSR count). The standard InChI is InChI=1S/C23H29ClN2O2/c1-23(2,28)19-7-5-17(6-8-19)18-9-12-25(13-10-18)20-11-14-26(15-16-3-4-16)22(27)21(20)24/h5-8,11,14,16,18,28H,3-4,9-10,12-13,15H2,1-2H3. The number of piperidine rings is 1. The molecular weight excluding hydrogens is 372 g/mol. The number of aromatic nitrogens is 1. The number of pyridine rings is 1. The van der Waals surface area contributed by atoms with E-state index in [9.17, 15) is 9.90 Å². The molecule has 4 nitrogen and oxygen atoms in total. The van der Waals surface area contributed by atoms with Gasteiger partial charge in [0, 0.05) is 25.8 Å². The van der Waals surface area contributed by atoms with E-state index in [1.807, 2.05) is 38.2 Å². The van der Waals surface area contributed by atoms with Crippen molar-refractivity contribution in [1.29, 1.82) is 0 Å². The summed E-state index contributed by atoms with van der Waals surface area (Å²) in [6, 6.07) is 10.3. The molecule has 2 aromatic rings. The number of nitrogens with zero attached hydrogens (tertiary/aromatic N) is 2. The Labute approximate surface area is 171 Å². The molecule has 0 atom stereocenters. The fourth-order valence-corrected chi connectivity index (χ4v) is 4.41. The average Bonchev–Trinajstić information content (AvgIpc) is 3.49. The number of aliphatic hydroxyl groups is 1. The molecule has 1 saturated heterocycles. The van der Waals surface area contributed by atoms with Gasteiger partial charge in [0.05, 0.1) is 11.3 Å². The summed E-state index contributed by atoms with van der Waals surface area (Å²) in [6.45, 7) is 6.19. The van der Waals surface area contributed by atoms with Gasteiger partial charge in [-0.3, -0.25) is 4.79 Å². The fraction of sp³-hybridized carbons (Fsp3) is 0.522. The summed E-state index contributed by atoms with van der Waals surface area (Å²) < 4.78 is 1.76. The molecule has 28 heavy (non-hydrogen) atoms. The van der Waals surface area contributed by atoms with Crippen molar-refractivity contribution in [1.82, 2.24) is 4.57 Å². The van der Waals surface area contributed by atoms with E-state index in [0.717, 1.165) is 43.7 Å². The van der Waals surface area contributed by atoms with Gasteiger partial charge in [-0.05, 0) is 68.6 Å². The third-order valence-corrected chi connectivity index (χ3v) is 6.52. The zero-order chi connectivity index (χ0) is 19.9. The Morgan fingerprint density at radius 2 is 1.71 bits per heavy atom. The third-order valence-electron chi connectivity index (χ3n) is 6.16. The summed E-state index contributed by atoms with van der Waals surface area (Å²) in [7, 11) is 0. The van der Waals surface area contributed by atoms with Gasteiger partial charge < -0.3 is 14.6 Å². The number of anilines is 1. The van der Waals surface area contributed by atoms with Crippen LogP contribution in [-0.2, 0) is 12.1 Å². The van der Waals surface area contributed by atoms with Crippen molar-refractivity contribution in [2.45, 2.75) is 57.6 Å². The van der Waals surface area contributed by atoms with Gasteiger partial charge in [0.15, 0.2) is 0 Å². The lowest BCUT2D eigenvalue weighted by Gasteiger charge is -2.34. The normalized spacial score (nSPS) is 18.5. The first-order valence-electron chi connectivity index (χ1n) is 10.3. The Balaban J connectivity index is 1.42. The third kappa shape index (κ3) is 4.13. The molecule has 2 aliphatic rings. The van der Waals surface area contributed by atoms with Crippen LogP contribution in [0.2, 0.25) is 5.02 Å². The summed E-state index contributed by atoms with van der Waals surface area (Å²) in [5.41, 5.74) is 2.26. The summed E-state index contributed by atoms with van der Waals surface area (Å²) in [6.07, 6.45) is 6.40. The van der Waals surface area contributed by atoms with Crippen molar-refractivity contribution in [3.8, 4) is 0 Å². The van der Waals surface area contributed by atoms with Gasteiger partial charge in [0.1, 0.15) is 5.02 Å². The lowest BCUT2D eigenvalue weighted by atomic mass is 9.87. The van der Waals surface area contributed by atoms with Crippen molar-refractivity contribution in [2.75, 3.05) is 18.0 Å². The van der Waals surface area contributed by atoms with Gasteiger partial charge in [-0.1, -0.05) is 35.9 Å². The van der Waals surface area contributed by atoms with Crippen LogP contribution in [-0.4, -0.2) is 22.8 Å². The molecule has 2 fully saturated rings. The molecule has 5 heteroatoms. The van der Waals surface area contributed by atoms with Crippen LogP contribution in [0.25, 0.3) is 0 Å². The minimum atomic E-state index is -0.807. The largest absolute Gasteiger partial charge is 0.386 e. The van der Waals surface area contributed by atoms with Crippen LogP contribution in [0, 0.1) is 5.92 Å². The van der Waals surface area contributed by atoms with Crippen LogP contribution in [0.15, 0.2) is 41.3 Å². The first kappa shape index (κ1) is 19.5. The highest BCUT2D eigenvalue weighted by atomic mass is 35.5. The molecule has 0 bridgehead atoms. The topological polar surface area (TPSA) is 45.5 Å². The van der Waals surface area contributed by atoms with Gasteiger partial charge in [-0.15, -0.1) is 0 Å². The molecule has 1 N–H and O–H groups in total. The Kier molecular flexibility index (Phi) is 5.28. The lowest BCUT2D eigenvalue weighted by molar-refractivity contribution is 0.0786. The molecule has 1 aliphatic carbocycles. The van der Waals surface area contributed by atoms with Crippen molar-refractivity contribution in [3.63, 3.8) is 0 Å². The van der Waals surface area contributed by atoms with E-state index in [4.69, 9.17) is 11.6 Å². The van der Waals surface area contributed by atoms with E-state index in [-0.39, 0.29) is 5.56 Å². The Morgan fingerprint density at radius 3 is 2.29 bits per heavy atom. The van der Waals surface area contributed by atoms with Crippen molar-refractivity contribution >= 4 is 17.3 Å². The maximum atomic E-state index is 12.6. The highest BCUT2D eigenvalue weighted by Gasteiger charge is 2.26. The van der Waals surface area contributed by atoms with Crippen LogP contribution in [0.1, 0.15) is 56.6 Å². The number of halogens is 1. The average molecular weight is 401 g/mol. The molecule has 150 valence electrons. The van der Waals surface area contributed by atoms with Crippen LogP contribution in [0.3, 0.4) is 0 Å². The van der Waals surface area contributed by atoms with Gasteiger partial charge >= 0.3 is 0 Å². The van der Waals surface area contributed by atoms with Crippen LogP contribution >= 0.6 is 11.6 Å². The van der Waals surface area contributed by atoms with Crippen molar-refractivity contribution in [2.24, 2.45) is 5.92 Å². The smallest absolute Gasteiger partial charge is 0.271 e. The lowest BCUT2D eigenvalue weighted by Crippen LogP contribution is -2.34. The van der Waals surface area contributed by atoms with E-state index in [1.54, 1.807) is 4.57 Å². The SMILES string of the molecule is CC(C)(O)c1ccc(C2CCN(c3ccn(CC4CC4)c(=O)c3Cl)CC2)cc1. The predicted octanol–water partition coefficient (Wildman–Crippen LogP) is 4.52. The van der Waals surface area contributed by atoms with E-state index in [0.29, 0.717) is 16.9 Å². The molecule has 0 radical (unpaired) electrons. The van der Waals surface area contributed by atoms with Crippen LogP contribution in [0.5, 0.6) is 0 Å². The maximum Gasteiger partial charge on any atom is 0.271 e. The highest BCUT2D eigenvalue weighted by Crippen LogP contribution is 2.34. The summed E-state index contributed by atoms with van der Waals surface area (Å²) in [5, 5.41) is 10.5. The summed E-state index contributed by atoms with van der Waals surface area (Å²) in [5.74, 6) is 1.15. The minimum Gasteiger partial charge on any atom is -0.386 e. The number of benzene rings is 1. The second kappa shape index (κ2) is 7.57. The summed E-state index contributed by atoms with van der Waals surface area (Å²) in [4.78, 5) is 14.8. The molecule has 1 saturated carbocycles. The first-order valence-corrected chi connectivity index (χ1v) is 10.7. The van der Waals surface area contributed by atoms with E-state index in [2.05, 4.69) is 17.0 Å². The maximum absolute atomic E-state index is 12.6. The van der Waals surface area contributed by atoms with Gasteiger partial charge in [0.25, 0.3) is 5.56 Å². The van der Waals surface area contributed by atoms with Crippen LogP contribution < -0.4 is 10.5 Å². The van der Waals surface area contributed by atoms with E-state index >= 15 is 0 Å². The second-order valence-corrected chi connectivity index (χ2v) is 9.24. The second-order valence-electron chi connectivity index (χ2n) is 8.86. The van der Waals surface area contributed by atoms with Gasteiger partial charge in [-0.2, -0.15) is 0 Å². The monoisotopic (exact) mass is 400 g/mol. The van der Waals surface area contributed by atoms with Crippen molar-refractivity contribution in [3.05, 3.63) is 63.0 Å². The summed E-state index contributed by atoms with van der Waals surface area (Å²) >= 11 is 6.45. The number of rotatable bonds is 5. The zero-order valence-electron chi connectivity index (χ0n) is 16.7. The Hall–Kier alpha value is -1.78. The van der Waals surface area contributed by atoms with Gasteiger partial charge in [-0.25, -0.2) is 0 Å². The molecule has 0 unspecified atom stereocenters. The number of hydrogen-bond donors (Lipinski definition) is 1. The first-order chi connectivity index (χ1) is 13.3. The van der Waals surface area contributed by atoms with Gasteiger partial charge in [0.2, 0.25) is 0 Å². The molecular formula is C23H29ClN2O2. The Bertz CT molecular complexity index is 886. The molecule has 2 heterocycles. The quantitative estimate of drug-likeness (QED) is 0.802. The predicted molar refractivity (Wildman–Crippen MR) is 114 cm³/mol. The van der Waals surface area contributed by atoms with E-state index < -0.39 is 5.60 Å². The highest BCUT2D eigenvalue weighted by molar-refractivity contribution is 6.33. The number of hydrogen-bond acceptors (Lipinski definition) is 3. The van der Waals surface area contributed by atoms with E-state index in [1.165, 1.54) is 18.4 Å². The van der Waals surface area contributed by atoms with Crippen LogP contribution in [0.4, 0.5) is 5.69 Å². The molecule has 0 spiro atoms. The zero-order valence-corrected chi connectivity index (χ0v) is 17.5. The minimum absolute atomic E-state index is 0.0598. The molecule has 1 aromatic heterocycles. The Morgan fingerprint density at radius 1 is 1.07 bits per heavy atom. The molecule has 1 aliphatic heterocycles. The molecule has 0 amide bonds. The van der Waals surface area contributed by atoms with Crippen molar-refractivity contribution < 1.29 is 5.11 Å². The molecule has 1 aromatic carbocycles. The fourth-order valence-electron chi connectivity index (χ4n) is 4.12.